The van der Waals surface area contributed by atoms with E-state index in [1.165, 1.54) is 0 Å². The minimum absolute atomic E-state index is 0.0474. The van der Waals surface area contributed by atoms with Gasteiger partial charge in [0.15, 0.2) is 0 Å². The van der Waals surface area contributed by atoms with Crippen molar-refractivity contribution in [1.82, 2.24) is 9.78 Å². The van der Waals surface area contributed by atoms with E-state index in [-0.39, 0.29) is 12.1 Å². The first-order valence-corrected chi connectivity index (χ1v) is 7.01. The molecule has 0 amide bonds. The van der Waals surface area contributed by atoms with E-state index in [2.05, 4.69) is 18.9 Å². The molecule has 4 nitrogen and oxygen atoms in total. The van der Waals surface area contributed by atoms with Gasteiger partial charge in [-0.25, -0.2) is 0 Å². The van der Waals surface area contributed by atoms with Crippen LogP contribution in [0.1, 0.15) is 38.6 Å². The summed E-state index contributed by atoms with van der Waals surface area (Å²) in [4.78, 5) is 0. The second-order valence-corrected chi connectivity index (χ2v) is 4.81. The molecule has 1 aromatic heterocycles. The molecule has 0 fully saturated rings. The molecule has 0 saturated heterocycles. The van der Waals surface area contributed by atoms with Gasteiger partial charge in [-0.2, -0.15) is 5.10 Å². The molecular weight excluding hydrogens is 250 g/mol. The van der Waals surface area contributed by atoms with Crippen LogP contribution in [-0.2, 0) is 17.7 Å². The van der Waals surface area contributed by atoms with E-state index in [1.807, 2.05) is 18.5 Å². The summed E-state index contributed by atoms with van der Waals surface area (Å²) in [5.74, 6) is 0. The largest absolute Gasteiger partial charge is 0.377 e. The lowest BCUT2D eigenvalue weighted by Gasteiger charge is -2.22. The zero-order valence-corrected chi connectivity index (χ0v) is 12.5. The molecule has 1 heterocycles. The number of nitrogens with zero attached hydrogens (tertiary/aromatic N) is 2. The second-order valence-electron chi connectivity index (χ2n) is 4.43. The Labute approximate surface area is 114 Å². The molecule has 2 atom stereocenters. The van der Waals surface area contributed by atoms with Gasteiger partial charge in [0.2, 0.25) is 0 Å². The van der Waals surface area contributed by atoms with Crippen LogP contribution in [0, 0.1) is 6.92 Å². The summed E-state index contributed by atoms with van der Waals surface area (Å²) in [7, 11) is 0. The lowest BCUT2D eigenvalue weighted by molar-refractivity contribution is 0.0413. The monoisotopic (exact) mass is 273 g/mol. The maximum Gasteiger partial charge on any atom is 0.0847 e. The molecule has 0 spiro atoms. The Kier molecular flexibility index (Phi) is 6.12. The third-order valence-corrected chi connectivity index (χ3v) is 3.63. The summed E-state index contributed by atoms with van der Waals surface area (Å²) in [6.45, 7) is 9.54. The molecule has 0 aliphatic carbocycles. The van der Waals surface area contributed by atoms with Gasteiger partial charge in [0, 0.05) is 25.6 Å². The summed E-state index contributed by atoms with van der Waals surface area (Å²) in [6.07, 6.45) is 1.68. The van der Waals surface area contributed by atoms with E-state index < -0.39 is 0 Å². The van der Waals surface area contributed by atoms with E-state index in [9.17, 15) is 0 Å². The first-order chi connectivity index (χ1) is 8.54. The molecule has 0 radical (unpaired) electrons. The highest BCUT2D eigenvalue weighted by atomic mass is 35.5. The third kappa shape index (κ3) is 3.46. The predicted molar refractivity (Wildman–Crippen MR) is 75.0 cm³/mol. The Hall–Kier alpha value is -0.580. The fourth-order valence-corrected chi connectivity index (χ4v) is 2.39. The quantitative estimate of drug-likeness (QED) is 0.831. The SMILES string of the molecule is CCOC(CC)C(N)Cc1c(Cl)c(C)nn1CC. The number of aryl methyl sites for hydroxylation is 2. The molecule has 104 valence electrons. The van der Waals surface area contributed by atoms with Crippen molar-refractivity contribution in [2.75, 3.05) is 6.61 Å². The molecule has 2 N–H and O–H groups in total. The smallest absolute Gasteiger partial charge is 0.0847 e. The van der Waals surface area contributed by atoms with Crippen LogP contribution in [0.4, 0.5) is 0 Å². The summed E-state index contributed by atoms with van der Waals surface area (Å²) in [5, 5.41) is 5.14. The Morgan fingerprint density at radius 2 is 2.06 bits per heavy atom. The number of aromatic nitrogens is 2. The van der Waals surface area contributed by atoms with E-state index in [0.29, 0.717) is 13.0 Å². The number of ether oxygens (including phenoxy) is 1. The van der Waals surface area contributed by atoms with Crippen molar-refractivity contribution in [2.24, 2.45) is 5.73 Å². The van der Waals surface area contributed by atoms with Gasteiger partial charge in [-0.1, -0.05) is 18.5 Å². The van der Waals surface area contributed by atoms with Crippen LogP contribution in [0.2, 0.25) is 5.02 Å². The highest BCUT2D eigenvalue weighted by Crippen LogP contribution is 2.22. The highest BCUT2D eigenvalue weighted by Gasteiger charge is 2.21. The maximum absolute atomic E-state index is 6.28. The van der Waals surface area contributed by atoms with Gasteiger partial charge in [-0.05, 0) is 27.2 Å². The average molecular weight is 274 g/mol. The van der Waals surface area contributed by atoms with Gasteiger partial charge in [-0.15, -0.1) is 0 Å². The van der Waals surface area contributed by atoms with Crippen molar-refractivity contribution in [1.29, 1.82) is 0 Å². The van der Waals surface area contributed by atoms with E-state index in [1.54, 1.807) is 0 Å². The van der Waals surface area contributed by atoms with Crippen molar-refractivity contribution in [2.45, 2.75) is 59.2 Å². The Morgan fingerprint density at radius 3 is 2.56 bits per heavy atom. The van der Waals surface area contributed by atoms with Crippen LogP contribution in [-0.4, -0.2) is 28.5 Å². The fraction of sp³-hybridized carbons (Fsp3) is 0.769. The van der Waals surface area contributed by atoms with Crippen molar-refractivity contribution >= 4 is 11.6 Å². The number of hydrogen-bond donors (Lipinski definition) is 1. The second kappa shape index (κ2) is 7.12. The zero-order chi connectivity index (χ0) is 13.7. The van der Waals surface area contributed by atoms with Gasteiger partial charge < -0.3 is 10.5 Å². The predicted octanol–water partition coefficient (Wildman–Crippen LogP) is 2.55. The van der Waals surface area contributed by atoms with Gasteiger partial charge in [0.05, 0.1) is 22.5 Å². The average Bonchev–Trinajstić information content (AvgIpc) is 2.63. The summed E-state index contributed by atoms with van der Waals surface area (Å²) in [5.41, 5.74) is 8.11. The first-order valence-electron chi connectivity index (χ1n) is 6.63. The number of hydrogen-bond acceptors (Lipinski definition) is 3. The van der Waals surface area contributed by atoms with E-state index in [0.717, 1.165) is 29.4 Å². The van der Waals surface area contributed by atoms with Gasteiger partial charge in [-0.3, -0.25) is 4.68 Å². The van der Waals surface area contributed by atoms with Crippen LogP contribution >= 0.6 is 11.6 Å². The van der Waals surface area contributed by atoms with Gasteiger partial charge in [0.25, 0.3) is 0 Å². The van der Waals surface area contributed by atoms with Crippen molar-refractivity contribution in [3.8, 4) is 0 Å². The number of rotatable bonds is 7. The van der Waals surface area contributed by atoms with Crippen LogP contribution in [0.3, 0.4) is 0 Å². The zero-order valence-electron chi connectivity index (χ0n) is 11.7. The normalized spacial score (nSPS) is 14.8. The number of nitrogens with two attached hydrogens (primary N) is 1. The molecule has 0 aromatic carbocycles. The van der Waals surface area contributed by atoms with Crippen LogP contribution in [0.5, 0.6) is 0 Å². The topological polar surface area (TPSA) is 53.1 Å². The molecule has 1 rings (SSSR count). The fourth-order valence-electron chi connectivity index (χ4n) is 2.18. The van der Waals surface area contributed by atoms with Crippen molar-refractivity contribution < 1.29 is 4.74 Å². The Balaban J connectivity index is 2.83. The summed E-state index contributed by atoms with van der Waals surface area (Å²) >= 11 is 6.28. The Bertz CT molecular complexity index is 379. The molecule has 18 heavy (non-hydrogen) atoms. The van der Waals surface area contributed by atoms with Gasteiger partial charge in [0.1, 0.15) is 0 Å². The molecule has 0 aliphatic heterocycles. The van der Waals surface area contributed by atoms with Crippen molar-refractivity contribution in [3.63, 3.8) is 0 Å². The van der Waals surface area contributed by atoms with Crippen LogP contribution < -0.4 is 5.73 Å². The first kappa shape index (κ1) is 15.5. The standard InChI is InChI=1S/C13H24ClN3O/c1-5-12(18-7-3)10(15)8-11-13(14)9(4)16-17(11)6-2/h10,12H,5-8,15H2,1-4H3. The summed E-state index contributed by atoms with van der Waals surface area (Å²) < 4.78 is 7.57. The minimum Gasteiger partial charge on any atom is -0.377 e. The minimum atomic E-state index is -0.0474. The van der Waals surface area contributed by atoms with Crippen LogP contribution in [0.25, 0.3) is 0 Å². The van der Waals surface area contributed by atoms with Gasteiger partial charge >= 0.3 is 0 Å². The molecule has 1 aromatic rings. The van der Waals surface area contributed by atoms with E-state index in [4.69, 9.17) is 22.1 Å². The molecular formula is C13H24ClN3O. The maximum atomic E-state index is 6.28. The molecule has 0 saturated carbocycles. The Morgan fingerprint density at radius 1 is 1.39 bits per heavy atom. The van der Waals surface area contributed by atoms with Crippen LogP contribution in [0.15, 0.2) is 0 Å². The lowest BCUT2D eigenvalue weighted by Crippen LogP contribution is -2.38. The summed E-state index contributed by atoms with van der Waals surface area (Å²) in [6, 6.07) is -0.0474. The highest BCUT2D eigenvalue weighted by molar-refractivity contribution is 6.31. The number of halogens is 1. The van der Waals surface area contributed by atoms with Crippen molar-refractivity contribution in [3.05, 3.63) is 16.4 Å². The molecule has 0 aliphatic rings. The molecule has 5 heteroatoms. The lowest BCUT2D eigenvalue weighted by atomic mass is 10.0. The molecule has 2 unspecified atom stereocenters. The van der Waals surface area contributed by atoms with E-state index >= 15 is 0 Å². The molecule has 0 bridgehead atoms. The third-order valence-electron chi connectivity index (χ3n) is 3.14.